The van der Waals surface area contributed by atoms with Gasteiger partial charge in [0, 0.05) is 12.2 Å². The van der Waals surface area contributed by atoms with Gasteiger partial charge in [-0.1, -0.05) is 42.9 Å². The zero-order valence-electron chi connectivity index (χ0n) is 14.3. The van der Waals surface area contributed by atoms with Crippen LogP contribution in [0.1, 0.15) is 34.8 Å². The standard InChI is InChI=1S/C17H22N4O2S/c1-10(2)9-18-15(22)14-12(4)19-17(24-14)21-16(23)20-13-7-5-11(3)6-8-13/h5-8,10H,9H2,1-4H3,(H,18,22)(H2,19,20,21,23). The molecule has 0 fully saturated rings. The van der Waals surface area contributed by atoms with Crippen molar-refractivity contribution in [2.75, 3.05) is 17.2 Å². The highest BCUT2D eigenvalue weighted by atomic mass is 32.1. The van der Waals surface area contributed by atoms with Crippen molar-refractivity contribution >= 4 is 34.1 Å². The van der Waals surface area contributed by atoms with Gasteiger partial charge >= 0.3 is 6.03 Å². The first-order valence-electron chi connectivity index (χ1n) is 7.75. The van der Waals surface area contributed by atoms with Gasteiger partial charge in [0.2, 0.25) is 0 Å². The molecule has 2 aromatic rings. The van der Waals surface area contributed by atoms with Crippen molar-refractivity contribution in [1.29, 1.82) is 0 Å². The van der Waals surface area contributed by atoms with E-state index in [0.717, 1.165) is 5.56 Å². The van der Waals surface area contributed by atoms with E-state index in [1.807, 2.05) is 45.0 Å². The fourth-order valence-corrected chi connectivity index (χ4v) is 2.81. The lowest BCUT2D eigenvalue weighted by atomic mass is 10.2. The smallest absolute Gasteiger partial charge is 0.325 e. The van der Waals surface area contributed by atoms with E-state index in [9.17, 15) is 9.59 Å². The topological polar surface area (TPSA) is 83.1 Å². The molecule has 0 unspecified atom stereocenters. The van der Waals surface area contributed by atoms with Gasteiger partial charge in [-0.2, -0.15) is 0 Å². The van der Waals surface area contributed by atoms with Crippen LogP contribution in [-0.2, 0) is 0 Å². The van der Waals surface area contributed by atoms with Crippen LogP contribution in [0.3, 0.4) is 0 Å². The van der Waals surface area contributed by atoms with Crippen LogP contribution in [0.15, 0.2) is 24.3 Å². The van der Waals surface area contributed by atoms with Gasteiger partial charge in [-0.25, -0.2) is 9.78 Å². The van der Waals surface area contributed by atoms with Gasteiger partial charge in [0.25, 0.3) is 5.91 Å². The molecule has 24 heavy (non-hydrogen) atoms. The second kappa shape index (κ2) is 7.92. The molecule has 3 amide bonds. The molecular formula is C17H22N4O2S. The van der Waals surface area contributed by atoms with Gasteiger partial charge in [-0.15, -0.1) is 0 Å². The number of carbonyl (C=O) groups is 2. The van der Waals surface area contributed by atoms with Crippen LogP contribution in [0, 0.1) is 19.8 Å². The van der Waals surface area contributed by atoms with Crippen LogP contribution >= 0.6 is 11.3 Å². The predicted molar refractivity (Wildman–Crippen MR) is 97.8 cm³/mol. The molecule has 0 atom stereocenters. The van der Waals surface area contributed by atoms with Gasteiger partial charge in [-0.3, -0.25) is 10.1 Å². The Balaban J connectivity index is 1.97. The number of hydrogen-bond acceptors (Lipinski definition) is 4. The van der Waals surface area contributed by atoms with E-state index in [1.54, 1.807) is 6.92 Å². The van der Waals surface area contributed by atoms with E-state index in [1.165, 1.54) is 11.3 Å². The third kappa shape index (κ3) is 5.06. The van der Waals surface area contributed by atoms with Crippen LogP contribution in [0.25, 0.3) is 0 Å². The minimum Gasteiger partial charge on any atom is -0.351 e. The highest BCUT2D eigenvalue weighted by Crippen LogP contribution is 2.22. The lowest BCUT2D eigenvalue weighted by molar-refractivity contribution is 0.0952. The minimum absolute atomic E-state index is 0.161. The number of hydrogen-bond donors (Lipinski definition) is 3. The molecule has 0 radical (unpaired) electrons. The first kappa shape index (κ1) is 17.9. The van der Waals surface area contributed by atoms with Crippen LogP contribution in [0.4, 0.5) is 15.6 Å². The summed E-state index contributed by atoms with van der Waals surface area (Å²) >= 11 is 1.17. The maximum atomic E-state index is 12.1. The minimum atomic E-state index is -0.387. The Morgan fingerprint density at radius 2 is 1.79 bits per heavy atom. The highest BCUT2D eigenvalue weighted by molar-refractivity contribution is 7.17. The summed E-state index contributed by atoms with van der Waals surface area (Å²) < 4.78 is 0. The first-order chi connectivity index (χ1) is 11.3. The first-order valence-corrected chi connectivity index (χ1v) is 8.57. The number of urea groups is 1. The van der Waals surface area contributed by atoms with Crippen molar-refractivity contribution in [2.45, 2.75) is 27.7 Å². The lowest BCUT2D eigenvalue weighted by Crippen LogP contribution is -2.27. The largest absolute Gasteiger partial charge is 0.351 e. The summed E-state index contributed by atoms with van der Waals surface area (Å²) in [4.78, 5) is 28.9. The van der Waals surface area contributed by atoms with Crippen molar-refractivity contribution in [3.05, 3.63) is 40.4 Å². The predicted octanol–water partition coefficient (Wildman–Crippen LogP) is 3.79. The number of amides is 3. The fraction of sp³-hybridized carbons (Fsp3) is 0.353. The molecule has 2 rings (SSSR count). The molecule has 0 saturated heterocycles. The quantitative estimate of drug-likeness (QED) is 0.770. The third-order valence-corrected chi connectivity index (χ3v) is 4.28. The summed E-state index contributed by atoms with van der Waals surface area (Å²) in [5.41, 5.74) is 2.42. The molecule has 0 aliphatic carbocycles. The maximum absolute atomic E-state index is 12.1. The maximum Gasteiger partial charge on any atom is 0.325 e. The molecule has 3 N–H and O–H groups in total. The number of anilines is 2. The average Bonchev–Trinajstić information content (AvgIpc) is 2.87. The van der Waals surface area contributed by atoms with E-state index in [4.69, 9.17) is 0 Å². The molecule has 0 saturated carbocycles. The number of thiazole rings is 1. The molecule has 0 aliphatic heterocycles. The van der Waals surface area contributed by atoms with E-state index in [-0.39, 0.29) is 11.9 Å². The molecular weight excluding hydrogens is 324 g/mol. The summed E-state index contributed by atoms with van der Waals surface area (Å²) in [6, 6.07) is 7.10. The van der Waals surface area contributed by atoms with Crippen molar-refractivity contribution in [2.24, 2.45) is 5.92 Å². The molecule has 7 heteroatoms. The molecule has 0 bridgehead atoms. The average molecular weight is 346 g/mol. The summed E-state index contributed by atoms with van der Waals surface area (Å²) in [7, 11) is 0. The normalized spacial score (nSPS) is 10.5. The summed E-state index contributed by atoms with van der Waals surface area (Å²) in [5.74, 6) is 0.214. The fourth-order valence-electron chi connectivity index (χ4n) is 1.93. The van der Waals surface area contributed by atoms with Gasteiger partial charge in [0.1, 0.15) is 4.88 Å². The van der Waals surface area contributed by atoms with Gasteiger partial charge in [-0.05, 0) is 31.9 Å². The summed E-state index contributed by atoms with van der Waals surface area (Å²) in [5, 5.41) is 8.64. The number of benzene rings is 1. The van der Waals surface area contributed by atoms with E-state index < -0.39 is 0 Å². The Labute approximate surface area is 145 Å². The van der Waals surface area contributed by atoms with Crippen LogP contribution in [-0.4, -0.2) is 23.5 Å². The van der Waals surface area contributed by atoms with Crippen LogP contribution in [0.5, 0.6) is 0 Å². The van der Waals surface area contributed by atoms with E-state index in [0.29, 0.717) is 33.9 Å². The van der Waals surface area contributed by atoms with Crippen LogP contribution in [0.2, 0.25) is 0 Å². The molecule has 0 spiro atoms. The molecule has 128 valence electrons. The Morgan fingerprint density at radius 3 is 2.42 bits per heavy atom. The second-order valence-electron chi connectivity index (χ2n) is 5.98. The summed E-state index contributed by atoms with van der Waals surface area (Å²) in [6.45, 7) is 8.40. The van der Waals surface area contributed by atoms with Gasteiger partial charge < -0.3 is 10.6 Å². The van der Waals surface area contributed by atoms with Crippen molar-refractivity contribution in [3.8, 4) is 0 Å². The highest BCUT2D eigenvalue weighted by Gasteiger charge is 2.16. The number of aromatic nitrogens is 1. The Bertz CT molecular complexity index is 723. The van der Waals surface area contributed by atoms with Gasteiger partial charge in [0.15, 0.2) is 5.13 Å². The Hall–Kier alpha value is -2.41. The monoisotopic (exact) mass is 346 g/mol. The number of nitrogens with one attached hydrogen (secondary N) is 3. The number of rotatable bonds is 5. The number of aryl methyl sites for hydroxylation is 2. The van der Waals surface area contributed by atoms with Crippen molar-refractivity contribution in [3.63, 3.8) is 0 Å². The Kier molecular flexibility index (Phi) is 5.92. The SMILES string of the molecule is Cc1ccc(NC(=O)Nc2nc(C)c(C(=O)NCC(C)C)s2)cc1. The van der Waals surface area contributed by atoms with Gasteiger partial charge in [0.05, 0.1) is 5.69 Å². The molecule has 6 nitrogen and oxygen atoms in total. The lowest BCUT2D eigenvalue weighted by Gasteiger charge is -2.06. The molecule has 1 aromatic carbocycles. The second-order valence-corrected chi connectivity index (χ2v) is 6.98. The number of nitrogens with zero attached hydrogens (tertiary/aromatic N) is 1. The van der Waals surface area contributed by atoms with E-state index in [2.05, 4.69) is 20.9 Å². The van der Waals surface area contributed by atoms with E-state index >= 15 is 0 Å². The zero-order valence-corrected chi connectivity index (χ0v) is 15.1. The summed E-state index contributed by atoms with van der Waals surface area (Å²) in [6.07, 6.45) is 0. The molecule has 0 aliphatic rings. The number of carbonyl (C=O) groups excluding carboxylic acids is 2. The van der Waals surface area contributed by atoms with Crippen LogP contribution < -0.4 is 16.0 Å². The molecule has 1 heterocycles. The zero-order chi connectivity index (χ0) is 17.7. The Morgan fingerprint density at radius 1 is 1.12 bits per heavy atom. The van der Waals surface area contributed by atoms with Crippen molar-refractivity contribution in [1.82, 2.24) is 10.3 Å². The third-order valence-electron chi connectivity index (χ3n) is 3.20. The molecule has 1 aromatic heterocycles. The van der Waals surface area contributed by atoms with Crippen molar-refractivity contribution < 1.29 is 9.59 Å².